The molecule has 0 bridgehead atoms. The predicted molar refractivity (Wildman–Crippen MR) is 193 cm³/mol. The topological polar surface area (TPSA) is 57.0 Å². The van der Waals surface area contributed by atoms with Gasteiger partial charge in [-0.05, 0) is 81.4 Å². The van der Waals surface area contributed by atoms with Gasteiger partial charge in [0.1, 0.15) is 11.8 Å². The summed E-state index contributed by atoms with van der Waals surface area (Å²) in [5.74, 6) is 0.307. The highest BCUT2D eigenvalue weighted by Gasteiger charge is 2.34. The molecule has 0 N–H and O–H groups in total. The molecule has 1 saturated heterocycles. The summed E-state index contributed by atoms with van der Waals surface area (Å²) in [5, 5.41) is 0. The zero-order chi connectivity index (χ0) is 35.5. The number of carbonyl (C=O) groups is 2. The third-order valence-electron chi connectivity index (χ3n) is 9.01. The van der Waals surface area contributed by atoms with Crippen molar-refractivity contribution >= 4 is 33.8 Å². The summed E-state index contributed by atoms with van der Waals surface area (Å²) in [6.45, 7) is 5.32. The Morgan fingerprint density at radius 2 is 1.54 bits per heavy atom. The maximum absolute atomic E-state index is 14.5. The third-order valence-corrected chi connectivity index (χ3v) is 9.44. The van der Waals surface area contributed by atoms with E-state index < -0.39 is 23.7 Å². The number of benzene rings is 3. The summed E-state index contributed by atoms with van der Waals surface area (Å²) in [6.07, 6.45) is 3.10. The number of rotatable bonds is 14. The molecule has 0 saturated carbocycles. The molecule has 0 unspecified atom stereocenters. The van der Waals surface area contributed by atoms with Crippen LogP contribution in [0, 0.1) is 0 Å². The van der Waals surface area contributed by atoms with Crippen LogP contribution in [0.2, 0.25) is 0 Å². The van der Waals surface area contributed by atoms with Gasteiger partial charge in [-0.15, -0.1) is 0 Å². The molecule has 1 aromatic heterocycles. The maximum atomic E-state index is 14.5. The molecule has 1 aliphatic rings. The molecular formula is C40H43BrF3N3O3. The minimum absolute atomic E-state index is 0.137. The first-order valence-corrected chi connectivity index (χ1v) is 17.9. The first-order chi connectivity index (χ1) is 24.1. The Morgan fingerprint density at radius 3 is 2.16 bits per heavy atom. The van der Waals surface area contributed by atoms with Crippen LogP contribution >= 0.6 is 15.9 Å². The number of carbonyl (C=O) groups excluding carboxylic acids is 2. The number of halogens is 4. The number of unbranched alkanes of at least 4 members (excludes halogenated alkanes) is 2. The smallest absolute Gasteiger partial charge is 0.416 e. The van der Waals surface area contributed by atoms with Crippen molar-refractivity contribution in [3.63, 3.8) is 0 Å². The number of hydrogen-bond donors (Lipinski definition) is 0. The van der Waals surface area contributed by atoms with Crippen LogP contribution < -0.4 is 0 Å². The normalized spacial score (nSPS) is 14.6. The summed E-state index contributed by atoms with van der Waals surface area (Å²) in [4.78, 5) is 34.3. The van der Waals surface area contributed by atoms with E-state index in [0.717, 1.165) is 54.7 Å². The van der Waals surface area contributed by atoms with Gasteiger partial charge in [0, 0.05) is 45.2 Å². The largest absolute Gasteiger partial charge is 0.453 e. The summed E-state index contributed by atoms with van der Waals surface area (Å²) < 4.78 is 45.8. The fourth-order valence-corrected chi connectivity index (χ4v) is 6.48. The molecule has 10 heteroatoms. The second kappa shape index (κ2) is 17.7. The van der Waals surface area contributed by atoms with Gasteiger partial charge in [0.25, 0.3) is 0 Å². The molecule has 50 heavy (non-hydrogen) atoms. The number of alkyl halides is 3. The van der Waals surface area contributed by atoms with Crippen LogP contribution in [0.4, 0.5) is 13.2 Å². The highest BCUT2D eigenvalue weighted by molar-refractivity contribution is 9.10. The first-order valence-electron chi connectivity index (χ1n) is 17.1. The number of amides is 2. The van der Waals surface area contributed by atoms with Crippen LogP contribution in [-0.2, 0) is 41.7 Å². The number of nitrogens with zero attached hydrogens (tertiary/aromatic N) is 3. The van der Waals surface area contributed by atoms with Gasteiger partial charge >= 0.3 is 6.18 Å². The molecule has 2 heterocycles. The van der Waals surface area contributed by atoms with Gasteiger partial charge in [0.2, 0.25) is 11.8 Å². The number of piperazine rings is 1. The average molecular weight is 751 g/mol. The van der Waals surface area contributed by atoms with E-state index in [1.54, 1.807) is 4.90 Å². The van der Waals surface area contributed by atoms with Gasteiger partial charge in [-0.1, -0.05) is 86.5 Å². The summed E-state index contributed by atoms with van der Waals surface area (Å²) in [6, 6.07) is 25.5. The number of aryl methyl sites for hydroxylation is 1. The molecule has 2 amide bonds. The van der Waals surface area contributed by atoms with Crippen LogP contribution in [0.15, 0.2) is 106 Å². The molecule has 4 aromatic rings. The van der Waals surface area contributed by atoms with E-state index in [1.807, 2.05) is 59.5 Å². The number of hydrogen-bond acceptors (Lipinski definition) is 4. The fourth-order valence-electron chi connectivity index (χ4n) is 6.14. The molecular weight excluding hydrogens is 707 g/mol. The molecule has 6 nitrogen and oxygen atoms in total. The van der Waals surface area contributed by atoms with E-state index in [0.29, 0.717) is 49.4 Å². The molecule has 0 spiro atoms. The second-order valence-corrected chi connectivity index (χ2v) is 13.5. The van der Waals surface area contributed by atoms with E-state index in [9.17, 15) is 22.8 Å². The Kier molecular flexibility index (Phi) is 13.1. The van der Waals surface area contributed by atoms with Crippen LogP contribution in [0.25, 0.3) is 6.08 Å². The van der Waals surface area contributed by atoms with Gasteiger partial charge in [0.15, 0.2) is 4.67 Å². The van der Waals surface area contributed by atoms with Crippen LogP contribution in [0.5, 0.6) is 0 Å². The Bertz CT molecular complexity index is 1700. The summed E-state index contributed by atoms with van der Waals surface area (Å²) in [7, 11) is 0. The molecule has 1 aliphatic heterocycles. The maximum Gasteiger partial charge on any atom is 0.416 e. The van der Waals surface area contributed by atoms with E-state index in [4.69, 9.17) is 4.42 Å². The molecule has 1 atom stereocenters. The van der Waals surface area contributed by atoms with Crippen molar-refractivity contribution in [1.82, 2.24) is 14.7 Å². The lowest BCUT2D eigenvalue weighted by Gasteiger charge is -2.39. The SMILES string of the molecule is CCCCCc1ccc(CN(C(=O)/C=C/c2ccc(C(F)(F)F)cc2)[C@@H](Cc2ccccc2)C(=O)N2CCN(Cc3ccc(Br)o3)CC2)cc1. The lowest BCUT2D eigenvalue weighted by Crippen LogP contribution is -2.56. The Labute approximate surface area is 300 Å². The second-order valence-electron chi connectivity index (χ2n) is 12.7. The Balaban J connectivity index is 1.40. The third kappa shape index (κ3) is 10.7. The molecule has 5 rings (SSSR count). The van der Waals surface area contributed by atoms with Gasteiger partial charge < -0.3 is 14.2 Å². The molecule has 264 valence electrons. The Hall–Kier alpha value is -4.15. The quantitative estimate of drug-likeness (QED) is 0.0956. The first kappa shape index (κ1) is 37.1. The molecule has 0 radical (unpaired) electrons. The van der Waals surface area contributed by atoms with Crippen molar-refractivity contribution in [1.29, 1.82) is 0 Å². The highest BCUT2D eigenvalue weighted by atomic mass is 79.9. The van der Waals surface area contributed by atoms with Crippen LogP contribution in [-0.4, -0.2) is 58.7 Å². The molecule has 1 fully saturated rings. The van der Waals surface area contributed by atoms with Crippen LogP contribution in [0.3, 0.4) is 0 Å². The molecule has 3 aromatic carbocycles. The van der Waals surface area contributed by atoms with Crippen molar-refractivity contribution in [2.24, 2.45) is 0 Å². The van der Waals surface area contributed by atoms with E-state index in [1.165, 1.54) is 29.8 Å². The lowest BCUT2D eigenvalue weighted by atomic mass is 10.0. The monoisotopic (exact) mass is 749 g/mol. The van der Waals surface area contributed by atoms with Crippen molar-refractivity contribution in [2.45, 2.75) is 64.3 Å². The Morgan fingerprint density at radius 1 is 0.860 bits per heavy atom. The van der Waals surface area contributed by atoms with Crippen molar-refractivity contribution in [2.75, 3.05) is 26.2 Å². The van der Waals surface area contributed by atoms with Gasteiger partial charge in [-0.3, -0.25) is 14.5 Å². The number of furan rings is 1. The predicted octanol–water partition coefficient (Wildman–Crippen LogP) is 8.79. The average Bonchev–Trinajstić information content (AvgIpc) is 3.53. The fraction of sp³-hybridized carbons (Fsp3) is 0.350. The van der Waals surface area contributed by atoms with Gasteiger partial charge in [-0.25, -0.2) is 0 Å². The van der Waals surface area contributed by atoms with Crippen LogP contribution in [0.1, 0.15) is 59.8 Å². The minimum Gasteiger partial charge on any atom is -0.453 e. The van der Waals surface area contributed by atoms with Crippen molar-refractivity contribution in [3.8, 4) is 0 Å². The van der Waals surface area contributed by atoms with Crippen molar-refractivity contribution in [3.05, 3.63) is 135 Å². The summed E-state index contributed by atoms with van der Waals surface area (Å²) >= 11 is 3.35. The lowest BCUT2D eigenvalue weighted by molar-refractivity contribution is -0.145. The van der Waals surface area contributed by atoms with E-state index >= 15 is 0 Å². The van der Waals surface area contributed by atoms with Gasteiger partial charge in [-0.2, -0.15) is 13.2 Å². The zero-order valence-electron chi connectivity index (χ0n) is 28.2. The zero-order valence-corrected chi connectivity index (χ0v) is 29.8. The minimum atomic E-state index is -4.45. The summed E-state index contributed by atoms with van der Waals surface area (Å²) in [5.41, 5.74) is 2.73. The molecule has 0 aliphatic carbocycles. The highest BCUT2D eigenvalue weighted by Crippen LogP contribution is 2.29. The standard InChI is InChI=1S/C40H43BrF3N3O3/c1-2-3-5-8-30-11-13-33(14-12-30)28-47(38(48)22-17-31-15-18-34(19-16-31)40(42,43)44)36(27-32-9-6-4-7-10-32)39(49)46-25-23-45(24-26-46)29-35-20-21-37(41)50-35/h4,6-7,9-22,36H,2-3,5,8,23-29H2,1H3/b22-17+/t36-/m0/s1. The van der Waals surface area contributed by atoms with Crippen molar-refractivity contribution < 1.29 is 27.2 Å². The van der Waals surface area contributed by atoms with Gasteiger partial charge in [0.05, 0.1) is 12.1 Å². The van der Waals surface area contributed by atoms with E-state index in [-0.39, 0.29) is 12.5 Å². The van der Waals surface area contributed by atoms with E-state index in [2.05, 4.69) is 39.9 Å².